The van der Waals surface area contributed by atoms with E-state index in [9.17, 15) is 4.79 Å². The Morgan fingerprint density at radius 3 is 2.61 bits per heavy atom. The van der Waals surface area contributed by atoms with Crippen LogP contribution in [0, 0.1) is 6.92 Å². The highest BCUT2D eigenvalue weighted by Gasteiger charge is 2.08. The smallest absolute Gasteiger partial charge is 0.271 e. The van der Waals surface area contributed by atoms with Crippen molar-refractivity contribution in [2.75, 3.05) is 0 Å². The SMILES string of the molecule is Cc1cccc2c(=O)[nH]n(Cc3ccccc3)c12. The molecule has 0 saturated heterocycles. The normalized spacial score (nSPS) is 10.9. The molecule has 0 unspecified atom stereocenters. The highest BCUT2D eigenvalue weighted by molar-refractivity contribution is 5.81. The maximum Gasteiger partial charge on any atom is 0.271 e. The summed E-state index contributed by atoms with van der Waals surface area (Å²) in [5, 5.41) is 3.66. The van der Waals surface area contributed by atoms with Crippen LogP contribution in [-0.2, 0) is 6.54 Å². The summed E-state index contributed by atoms with van der Waals surface area (Å²) in [4.78, 5) is 11.9. The summed E-state index contributed by atoms with van der Waals surface area (Å²) in [5.41, 5.74) is 3.26. The second-order valence-corrected chi connectivity index (χ2v) is 4.48. The lowest BCUT2D eigenvalue weighted by Gasteiger charge is -2.06. The minimum atomic E-state index is -0.0235. The maximum atomic E-state index is 11.9. The monoisotopic (exact) mass is 238 g/mol. The van der Waals surface area contributed by atoms with Gasteiger partial charge in [0.2, 0.25) is 0 Å². The number of hydrogen-bond donors (Lipinski definition) is 1. The van der Waals surface area contributed by atoms with Gasteiger partial charge in [0.1, 0.15) is 0 Å². The van der Waals surface area contributed by atoms with Gasteiger partial charge in [0.25, 0.3) is 5.56 Å². The van der Waals surface area contributed by atoms with Crippen LogP contribution < -0.4 is 5.56 Å². The van der Waals surface area contributed by atoms with Gasteiger partial charge in [-0.2, -0.15) is 0 Å². The number of hydrogen-bond acceptors (Lipinski definition) is 1. The number of para-hydroxylation sites is 1. The molecular formula is C15H14N2O. The summed E-state index contributed by atoms with van der Waals surface area (Å²) in [6.45, 7) is 2.71. The summed E-state index contributed by atoms with van der Waals surface area (Å²) in [6.07, 6.45) is 0. The fraction of sp³-hybridized carbons (Fsp3) is 0.133. The van der Waals surface area contributed by atoms with E-state index in [1.807, 2.05) is 48.0 Å². The molecule has 0 fully saturated rings. The van der Waals surface area contributed by atoms with E-state index in [1.165, 1.54) is 5.56 Å². The van der Waals surface area contributed by atoms with Gasteiger partial charge in [-0.25, -0.2) is 0 Å². The highest BCUT2D eigenvalue weighted by Crippen LogP contribution is 2.15. The zero-order valence-electron chi connectivity index (χ0n) is 10.2. The van der Waals surface area contributed by atoms with Gasteiger partial charge >= 0.3 is 0 Å². The average molecular weight is 238 g/mol. The number of fused-ring (bicyclic) bond motifs is 1. The van der Waals surface area contributed by atoms with Crippen molar-refractivity contribution in [2.24, 2.45) is 0 Å². The van der Waals surface area contributed by atoms with Crippen LogP contribution in [0.4, 0.5) is 0 Å². The Bertz CT molecular complexity index is 738. The number of aromatic nitrogens is 2. The zero-order valence-corrected chi connectivity index (χ0v) is 10.2. The van der Waals surface area contributed by atoms with Crippen molar-refractivity contribution in [2.45, 2.75) is 13.5 Å². The molecule has 3 rings (SSSR count). The van der Waals surface area contributed by atoms with E-state index in [0.717, 1.165) is 16.5 Å². The third kappa shape index (κ3) is 1.74. The molecule has 90 valence electrons. The van der Waals surface area contributed by atoms with E-state index in [2.05, 4.69) is 17.2 Å². The van der Waals surface area contributed by atoms with Crippen molar-refractivity contribution < 1.29 is 0 Å². The van der Waals surface area contributed by atoms with E-state index in [1.54, 1.807) is 0 Å². The Morgan fingerprint density at radius 1 is 1.06 bits per heavy atom. The molecule has 0 spiro atoms. The van der Waals surface area contributed by atoms with Crippen LogP contribution in [0.1, 0.15) is 11.1 Å². The molecule has 1 heterocycles. The molecule has 0 atom stereocenters. The summed E-state index contributed by atoms with van der Waals surface area (Å²) in [5.74, 6) is 0. The lowest BCUT2D eigenvalue weighted by atomic mass is 10.1. The first kappa shape index (κ1) is 10.8. The number of nitrogens with one attached hydrogen (secondary N) is 1. The maximum absolute atomic E-state index is 11.9. The summed E-state index contributed by atoms with van der Waals surface area (Å²) < 4.78 is 1.92. The first-order valence-corrected chi connectivity index (χ1v) is 5.98. The van der Waals surface area contributed by atoms with Crippen molar-refractivity contribution in [1.82, 2.24) is 9.78 Å². The summed E-state index contributed by atoms with van der Waals surface area (Å²) in [6, 6.07) is 15.9. The molecule has 3 heteroatoms. The second-order valence-electron chi connectivity index (χ2n) is 4.48. The Morgan fingerprint density at radius 2 is 1.83 bits per heavy atom. The lowest BCUT2D eigenvalue weighted by molar-refractivity contribution is 0.701. The van der Waals surface area contributed by atoms with Crippen molar-refractivity contribution >= 4 is 10.9 Å². The average Bonchev–Trinajstić information content (AvgIpc) is 2.69. The van der Waals surface area contributed by atoms with Gasteiger partial charge in [0, 0.05) is 0 Å². The molecule has 0 aliphatic rings. The Hall–Kier alpha value is -2.29. The van der Waals surface area contributed by atoms with Gasteiger partial charge in [0.15, 0.2) is 0 Å². The van der Waals surface area contributed by atoms with Gasteiger partial charge in [-0.1, -0.05) is 42.5 Å². The first-order chi connectivity index (χ1) is 8.75. The number of benzene rings is 2. The van der Waals surface area contributed by atoms with Gasteiger partial charge in [-0.05, 0) is 24.1 Å². The first-order valence-electron chi connectivity index (χ1n) is 5.98. The van der Waals surface area contributed by atoms with Crippen molar-refractivity contribution in [1.29, 1.82) is 0 Å². The van der Waals surface area contributed by atoms with Crippen LogP contribution in [0.15, 0.2) is 53.3 Å². The predicted molar refractivity (Wildman–Crippen MR) is 72.8 cm³/mol. The van der Waals surface area contributed by atoms with Crippen LogP contribution in [-0.4, -0.2) is 9.78 Å². The van der Waals surface area contributed by atoms with E-state index in [0.29, 0.717) is 6.54 Å². The topological polar surface area (TPSA) is 37.8 Å². The van der Waals surface area contributed by atoms with E-state index < -0.39 is 0 Å². The minimum Gasteiger partial charge on any atom is -0.280 e. The van der Waals surface area contributed by atoms with Gasteiger partial charge in [-0.15, -0.1) is 0 Å². The number of rotatable bonds is 2. The highest BCUT2D eigenvalue weighted by atomic mass is 16.1. The lowest BCUT2D eigenvalue weighted by Crippen LogP contribution is -2.06. The molecule has 1 aromatic heterocycles. The standard InChI is InChI=1S/C15H14N2O/c1-11-6-5-9-13-14(11)17(16-15(13)18)10-12-7-3-2-4-8-12/h2-9H,10H2,1H3,(H,16,18). The van der Waals surface area contributed by atoms with Crippen molar-refractivity contribution in [3.8, 4) is 0 Å². The Balaban J connectivity index is 2.16. The largest absolute Gasteiger partial charge is 0.280 e. The molecule has 0 amide bonds. The molecule has 0 aliphatic heterocycles. The van der Waals surface area contributed by atoms with E-state index in [4.69, 9.17) is 0 Å². The molecule has 1 N–H and O–H groups in total. The van der Waals surface area contributed by atoms with Crippen LogP contribution >= 0.6 is 0 Å². The van der Waals surface area contributed by atoms with E-state index >= 15 is 0 Å². The molecule has 3 aromatic rings. The third-order valence-corrected chi connectivity index (χ3v) is 3.17. The fourth-order valence-corrected chi connectivity index (χ4v) is 2.32. The van der Waals surface area contributed by atoms with Gasteiger partial charge < -0.3 is 0 Å². The summed E-state index contributed by atoms with van der Waals surface area (Å²) >= 11 is 0. The minimum absolute atomic E-state index is 0.0235. The molecule has 2 aromatic carbocycles. The van der Waals surface area contributed by atoms with Crippen molar-refractivity contribution in [3.05, 3.63) is 70.0 Å². The molecular weight excluding hydrogens is 224 g/mol. The van der Waals surface area contributed by atoms with Gasteiger partial charge in [0.05, 0.1) is 17.4 Å². The molecule has 3 nitrogen and oxygen atoms in total. The van der Waals surface area contributed by atoms with Crippen LogP contribution in [0.25, 0.3) is 10.9 Å². The van der Waals surface area contributed by atoms with Crippen LogP contribution in [0.3, 0.4) is 0 Å². The molecule has 0 saturated carbocycles. The quantitative estimate of drug-likeness (QED) is 0.732. The van der Waals surface area contributed by atoms with Crippen LogP contribution in [0.5, 0.6) is 0 Å². The fourth-order valence-electron chi connectivity index (χ4n) is 2.32. The summed E-state index contributed by atoms with van der Waals surface area (Å²) in [7, 11) is 0. The number of aromatic amines is 1. The second kappa shape index (κ2) is 4.18. The Kier molecular flexibility index (Phi) is 2.52. The Labute approximate surface area is 105 Å². The number of aryl methyl sites for hydroxylation is 1. The predicted octanol–water partition coefficient (Wildman–Crippen LogP) is 2.69. The van der Waals surface area contributed by atoms with Crippen molar-refractivity contribution in [3.63, 3.8) is 0 Å². The molecule has 18 heavy (non-hydrogen) atoms. The number of H-pyrrole nitrogens is 1. The van der Waals surface area contributed by atoms with Crippen LogP contribution in [0.2, 0.25) is 0 Å². The third-order valence-electron chi connectivity index (χ3n) is 3.17. The van der Waals surface area contributed by atoms with Gasteiger partial charge in [-0.3, -0.25) is 14.6 Å². The molecule has 0 aliphatic carbocycles. The molecule has 0 bridgehead atoms. The molecule has 0 radical (unpaired) electrons. The zero-order chi connectivity index (χ0) is 12.5. The van der Waals surface area contributed by atoms with E-state index in [-0.39, 0.29) is 5.56 Å². The number of nitrogens with zero attached hydrogens (tertiary/aromatic N) is 1.